The number of furan rings is 1. The average Bonchev–Trinajstić information content (AvgIpc) is 2.88. The van der Waals surface area contributed by atoms with Crippen molar-refractivity contribution in [1.29, 1.82) is 0 Å². The average molecular weight is 288 g/mol. The Labute approximate surface area is 124 Å². The molecule has 0 amide bonds. The fourth-order valence-corrected chi connectivity index (χ4v) is 3.77. The van der Waals surface area contributed by atoms with Gasteiger partial charge in [0.15, 0.2) is 0 Å². The Morgan fingerprint density at radius 1 is 1.30 bits per heavy atom. The van der Waals surface area contributed by atoms with Gasteiger partial charge < -0.3 is 9.43 Å². The Balaban J connectivity index is 1.88. The van der Waals surface area contributed by atoms with E-state index in [0.29, 0.717) is 5.92 Å². The number of rotatable bonds is 5. The van der Waals surface area contributed by atoms with E-state index < -0.39 is 0 Å². The van der Waals surface area contributed by atoms with Gasteiger partial charge in [-0.25, -0.2) is 5.84 Å². The van der Waals surface area contributed by atoms with Crippen LogP contribution in [0.4, 0.5) is 5.69 Å². The lowest BCUT2D eigenvalue weighted by molar-refractivity contribution is 0.415. The minimum absolute atomic E-state index is 0.703. The van der Waals surface area contributed by atoms with Crippen LogP contribution in [0.25, 0.3) is 0 Å². The topological polar surface area (TPSA) is 42.4 Å². The molecule has 2 N–H and O–H groups in total. The van der Waals surface area contributed by atoms with Crippen molar-refractivity contribution >= 4 is 17.4 Å². The zero-order chi connectivity index (χ0) is 13.9. The summed E-state index contributed by atoms with van der Waals surface area (Å²) in [6, 6.07) is 10.4. The number of benzene rings is 1. The van der Waals surface area contributed by atoms with Crippen molar-refractivity contribution in [3.63, 3.8) is 0 Å². The highest BCUT2D eigenvalue weighted by molar-refractivity contribution is 7.98. The quantitative estimate of drug-likeness (QED) is 0.510. The maximum Gasteiger partial charge on any atom is 0.113 e. The second kappa shape index (κ2) is 5.94. The van der Waals surface area contributed by atoms with Crippen LogP contribution in [0, 0.1) is 0 Å². The van der Waals surface area contributed by atoms with Crippen molar-refractivity contribution in [1.82, 2.24) is 0 Å². The van der Waals surface area contributed by atoms with Crippen LogP contribution in [0.5, 0.6) is 0 Å². The molecule has 4 heteroatoms. The van der Waals surface area contributed by atoms with Gasteiger partial charge in [-0.05, 0) is 42.5 Å². The standard InChI is InChI=1S/C16H20N2OS/c1-18(17)15-9-3-8-14(12-5-2-6-12)16(15)20-11-13-7-4-10-19-13/h3-4,7-10,12H,2,5-6,11,17H2,1H3. The smallest absolute Gasteiger partial charge is 0.113 e. The van der Waals surface area contributed by atoms with Crippen LogP contribution in [0.3, 0.4) is 0 Å². The molecule has 106 valence electrons. The number of hydrogen-bond donors (Lipinski definition) is 1. The number of anilines is 1. The Morgan fingerprint density at radius 2 is 2.15 bits per heavy atom. The lowest BCUT2D eigenvalue weighted by Crippen LogP contribution is -2.26. The third kappa shape index (κ3) is 2.72. The monoisotopic (exact) mass is 288 g/mol. The fourth-order valence-electron chi connectivity index (χ4n) is 2.56. The molecule has 1 fully saturated rings. The van der Waals surface area contributed by atoms with Crippen LogP contribution < -0.4 is 10.9 Å². The summed E-state index contributed by atoms with van der Waals surface area (Å²) in [4.78, 5) is 1.30. The number of hydrogen-bond acceptors (Lipinski definition) is 4. The van der Waals surface area contributed by atoms with Crippen molar-refractivity contribution < 1.29 is 4.42 Å². The molecule has 1 aromatic carbocycles. The van der Waals surface area contributed by atoms with Gasteiger partial charge in [0.25, 0.3) is 0 Å². The van der Waals surface area contributed by atoms with Gasteiger partial charge in [0.1, 0.15) is 5.76 Å². The first-order valence-electron chi connectivity index (χ1n) is 7.02. The molecule has 1 aliphatic carbocycles. The molecule has 3 nitrogen and oxygen atoms in total. The van der Waals surface area contributed by atoms with Crippen molar-refractivity contribution in [2.24, 2.45) is 5.84 Å². The van der Waals surface area contributed by atoms with Gasteiger partial charge in [-0.1, -0.05) is 18.6 Å². The van der Waals surface area contributed by atoms with Crippen LogP contribution in [-0.4, -0.2) is 7.05 Å². The number of nitrogens with zero attached hydrogens (tertiary/aromatic N) is 1. The molecule has 1 aromatic heterocycles. The summed E-state index contributed by atoms with van der Waals surface area (Å²) in [5, 5.41) is 1.71. The van der Waals surface area contributed by atoms with Crippen LogP contribution in [0.2, 0.25) is 0 Å². The summed E-state index contributed by atoms with van der Waals surface area (Å²) in [5.41, 5.74) is 2.55. The molecule has 1 heterocycles. The van der Waals surface area contributed by atoms with E-state index in [0.717, 1.165) is 17.2 Å². The highest BCUT2D eigenvalue weighted by Gasteiger charge is 2.24. The van der Waals surface area contributed by atoms with E-state index in [1.165, 1.54) is 29.7 Å². The van der Waals surface area contributed by atoms with Crippen molar-refractivity contribution in [3.8, 4) is 0 Å². The fraction of sp³-hybridized carbons (Fsp3) is 0.375. The van der Waals surface area contributed by atoms with Crippen molar-refractivity contribution in [2.75, 3.05) is 12.1 Å². The molecule has 3 rings (SSSR count). The van der Waals surface area contributed by atoms with Gasteiger partial charge in [-0.15, -0.1) is 11.8 Å². The van der Waals surface area contributed by atoms with Gasteiger partial charge in [-0.3, -0.25) is 0 Å². The van der Waals surface area contributed by atoms with Gasteiger partial charge in [0, 0.05) is 11.9 Å². The molecule has 0 aliphatic heterocycles. The highest BCUT2D eigenvalue weighted by Crippen LogP contribution is 2.44. The predicted octanol–water partition coefficient (Wildman–Crippen LogP) is 4.15. The van der Waals surface area contributed by atoms with Crippen LogP contribution in [0.15, 0.2) is 45.9 Å². The molecule has 0 spiro atoms. The summed E-state index contributed by atoms with van der Waals surface area (Å²) in [5.74, 6) is 8.54. The molecule has 0 atom stereocenters. The number of thioether (sulfide) groups is 1. The number of nitrogens with two attached hydrogens (primary N) is 1. The zero-order valence-electron chi connectivity index (χ0n) is 11.7. The van der Waals surface area contributed by atoms with Crippen molar-refractivity contribution in [3.05, 3.63) is 47.9 Å². The zero-order valence-corrected chi connectivity index (χ0v) is 12.5. The molecule has 0 bridgehead atoms. The second-order valence-electron chi connectivity index (χ2n) is 5.30. The Morgan fingerprint density at radius 3 is 2.75 bits per heavy atom. The largest absolute Gasteiger partial charge is 0.468 e. The summed E-state index contributed by atoms with van der Waals surface area (Å²) in [7, 11) is 1.90. The highest BCUT2D eigenvalue weighted by atomic mass is 32.2. The van der Waals surface area contributed by atoms with Crippen LogP contribution in [-0.2, 0) is 5.75 Å². The summed E-state index contributed by atoms with van der Waals surface area (Å²) in [6.45, 7) is 0. The molecule has 1 saturated carbocycles. The van der Waals surface area contributed by atoms with Crippen LogP contribution in [0.1, 0.15) is 36.5 Å². The predicted molar refractivity (Wildman–Crippen MR) is 83.9 cm³/mol. The Bertz CT molecular complexity index is 562. The molecule has 0 saturated heterocycles. The molecular weight excluding hydrogens is 268 g/mol. The van der Waals surface area contributed by atoms with E-state index in [-0.39, 0.29) is 0 Å². The van der Waals surface area contributed by atoms with E-state index in [1.54, 1.807) is 11.3 Å². The maximum atomic E-state index is 5.99. The van der Waals surface area contributed by atoms with E-state index in [4.69, 9.17) is 10.3 Å². The van der Waals surface area contributed by atoms with Gasteiger partial charge >= 0.3 is 0 Å². The van der Waals surface area contributed by atoms with E-state index in [2.05, 4.69) is 18.2 Å². The molecule has 0 unspecified atom stereocenters. The number of hydrazine groups is 1. The Hall–Kier alpha value is -1.39. The summed E-state index contributed by atoms with van der Waals surface area (Å²) in [6.07, 6.45) is 5.66. The van der Waals surface area contributed by atoms with Gasteiger partial charge in [-0.2, -0.15) is 0 Å². The van der Waals surface area contributed by atoms with E-state index in [1.807, 2.05) is 30.9 Å². The first-order valence-corrected chi connectivity index (χ1v) is 8.01. The molecule has 20 heavy (non-hydrogen) atoms. The van der Waals surface area contributed by atoms with Gasteiger partial charge in [0.2, 0.25) is 0 Å². The minimum Gasteiger partial charge on any atom is -0.468 e. The third-order valence-corrected chi connectivity index (χ3v) is 5.05. The molecular formula is C16H20N2OS. The first kappa shape index (κ1) is 13.6. The molecule has 0 radical (unpaired) electrons. The summed E-state index contributed by atoms with van der Waals surface area (Å²) >= 11 is 1.82. The minimum atomic E-state index is 0.703. The lowest BCUT2D eigenvalue weighted by atomic mass is 9.80. The molecule has 1 aliphatic rings. The normalized spacial score (nSPS) is 15.1. The van der Waals surface area contributed by atoms with E-state index >= 15 is 0 Å². The maximum absolute atomic E-state index is 5.99. The SMILES string of the molecule is CN(N)c1cccc(C2CCC2)c1SCc1ccco1. The first-order chi connectivity index (χ1) is 9.75. The summed E-state index contributed by atoms with van der Waals surface area (Å²) < 4.78 is 5.43. The third-order valence-electron chi connectivity index (χ3n) is 3.89. The molecule has 2 aromatic rings. The van der Waals surface area contributed by atoms with E-state index in [9.17, 15) is 0 Å². The van der Waals surface area contributed by atoms with Crippen molar-refractivity contribution in [2.45, 2.75) is 35.8 Å². The van der Waals surface area contributed by atoms with Gasteiger partial charge in [0.05, 0.1) is 17.7 Å². The second-order valence-corrected chi connectivity index (χ2v) is 6.29. The lowest BCUT2D eigenvalue weighted by Gasteiger charge is -2.29. The van der Waals surface area contributed by atoms with Crippen LogP contribution >= 0.6 is 11.8 Å². The Kier molecular flexibility index (Phi) is 4.03.